The molecule has 1 amide bonds. The number of amides is 1. The van der Waals surface area contributed by atoms with Crippen LogP contribution in [0.2, 0.25) is 0 Å². The average Bonchev–Trinajstić information content (AvgIpc) is 2.64. The van der Waals surface area contributed by atoms with Crippen molar-refractivity contribution in [3.63, 3.8) is 0 Å². The predicted molar refractivity (Wildman–Crippen MR) is 73.8 cm³/mol. The number of hydrogen-bond acceptors (Lipinski definition) is 3. The summed E-state index contributed by atoms with van der Waals surface area (Å²) in [6, 6.07) is 0.457. The lowest BCUT2D eigenvalue weighted by Gasteiger charge is -2.26. The maximum Gasteiger partial charge on any atom is 0.232 e. The summed E-state index contributed by atoms with van der Waals surface area (Å²) in [4.78, 5) is 16.7. The Morgan fingerprint density at radius 1 is 1.47 bits per heavy atom. The fraction of sp³-hybridized carbons (Fsp3) is 0.833. The zero-order chi connectivity index (χ0) is 13.2. The fourth-order valence-corrected chi connectivity index (χ4v) is 2.67. The van der Waals surface area contributed by atoms with Gasteiger partial charge in [0.1, 0.15) is 0 Å². The molecule has 17 heavy (non-hydrogen) atoms. The number of carbonyl (C=O) groups is 1. The summed E-state index contributed by atoms with van der Waals surface area (Å²) in [5, 5.41) is 0. The molecule has 98 valence electrons. The molecule has 0 aromatic heterocycles. The van der Waals surface area contributed by atoms with Crippen molar-refractivity contribution in [3.8, 4) is 0 Å². The standard InChI is InChI=1S/C12H23N3OS/c1-8(2)10(11(13)17)12(16)15-6-5-9(7-15)14(3)4/h8-10H,5-7H2,1-4H3,(H2,13,17). The Bertz CT molecular complexity index is 304. The molecule has 0 saturated carbocycles. The Balaban J connectivity index is 2.68. The molecule has 1 saturated heterocycles. The summed E-state index contributed by atoms with van der Waals surface area (Å²) in [7, 11) is 4.10. The van der Waals surface area contributed by atoms with Crippen molar-refractivity contribution in [2.75, 3.05) is 27.2 Å². The highest BCUT2D eigenvalue weighted by atomic mass is 32.1. The number of rotatable bonds is 4. The van der Waals surface area contributed by atoms with E-state index in [0.717, 1.165) is 19.5 Å². The van der Waals surface area contributed by atoms with Gasteiger partial charge in [-0.3, -0.25) is 4.79 Å². The van der Waals surface area contributed by atoms with Gasteiger partial charge < -0.3 is 15.5 Å². The van der Waals surface area contributed by atoms with E-state index in [-0.39, 0.29) is 17.7 Å². The molecule has 0 aromatic rings. The van der Waals surface area contributed by atoms with Crippen molar-refractivity contribution in [2.24, 2.45) is 17.6 Å². The van der Waals surface area contributed by atoms with E-state index in [1.807, 2.05) is 32.8 Å². The molecule has 0 aromatic carbocycles. The Kier molecular flexibility index (Phi) is 4.89. The molecule has 2 unspecified atom stereocenters. The van der Waals surface area contributed by atoms with Crippen LogP contribution >= 0.6 is 12.2 Å². The second-order valence-electron chi connectivity index (χ2n) is 5.31. The molecule has 1 rings (SSSR count). The van der Waals surface area contributed by atoms with Gasteiger partial charge in [-0.2, -0.15) is 0 Å². The quantitative estimate of drug-likeness (QED) is 0.754. The predicted octanol–water partition coefficient (Wildman–Crippen LogP) is 0.707. The Morgan fingerprint density at radius 2 is 2.06 bits per heavy atom. The second-order valence-corrected chi connectivity index (χ2v) is 5.79. The topological polar surface area (TPSA) is 49.6 Å². The zero-order valence-electron chi connectivity index (χ0n) is 11.1. The average molecular weight is 257 g/mol. The molecule has 1 heterocycles. The van der Waals surface area contributed by atoms with Gasteiger partial charge in [-0.05, 0) is 26.4 Å². The van der Waals surface area contributed by atoms with Crippen LogP contribution in [-0.4, -0.2) is 53.9 Å². The summed E-state index contributed by atoms with van der Waals surface area (Å²) < 4.78 is 0. The second kappa shape index (κ2) is 5.78. The van der Waals surface area contributed by atoms with Crippen molar-refractivity contribution in [3.05, 3.63) is 0 Å². The van der Waals surface area contributed by atoms with E-state index in [1.165, 1.54) is 0 Å². The van der Waals surface area contributed by atoms with Crippen molar-refractivity contribution in [1.29, 1.82) is 0 Å². The van der Waals surface area contributed by atoms with E-state index in [0.29, 0.717) is 11.0 Å². The van der Waals surface area contributed by atoms with Gasteiger partial charge in [-0.15, -0.1) is 0 Å². The fourth-order valence-electron chi connectivity index (χ4n) is 2.30. The first-order valence-electron chi connectivity index (χ1n) is 6.09. The minimum atomic E-state index is -0.314. The number of likely N-dealkylation sites (tertiary alicyclic amines) is 1. The number of likely N-dealkylation sites (N-methyl/N-ethyl adjacent to an activating group) is 1. The summed E-state index contributed by atoms with van der Waals surface area (Å²) in [5.74, 6) is -0.0545. The normalized spacial score (nSPS) is 22.2. The van der Waals surface area contributed by atoms with E-state index in [2.05, 4.69) is 4.90 Å². The molecule has 0 spiro atoms. The first-order chi connectivity index (χ1) is 7.84. The lowest BCUT2D eigenvalue weighted by Crippen LogP contribution is -2.43. The van der Waals surface area contributed by atoms with E-state index >= 15 is 0 Å². The number of thiocarbonyl (C=S) groups is 1. The van der Waals surface area contributed by atoms with Crippen molar-refractivity contribution < 1.29 is 4.79 Å². The van der Waals surface area contributed by atoms with Gasteiger partial charge in [-0.25, -0.2) is 0 Å². The molecule has 1 aliphatic heterocycles. The van der Waals surface area contributed by atoms with Gasteiger partial charge in [-0.1, -0.05) is 26.1 Å². The van der Waals surface area contributed by atoms with Gasteiger partial charge in [0.05, 0.1) is 10.9 Å². The lowest BCUT2D eigenvalue weighted by molar-refractivity contribution is -0.133. The summed E-state index contributed by atoms with van der Waals surface area (Å²) in [6.45, 7) is 5.58. The Labute approximate surface area is 109 Å². The maximum atomic E-state index is 12.3. The van der Waals surface area contributed by atoms with Gasteiger partial charge in [0.25, 0.3) is 0 Å². The lowest BCUT2D eigenvalue weighted by atomic mass is 9.94. The minimum absolute atomic E-state index is 0.0943. The van der Waals surface area contributed by atoms with Gasteiger partial charge in [0, 0.05) is 19.1 Å². The highest BCUT2D eigenvalue weighted by Crippen LogP contribution is 2.20. The monoisotopic (exact) mass is 257 g/mol. The molecule has 0 bridgehead atoms. The van der Waals surface area contributed by atoms with E-state index in [4.69, 9.17) is 18.0 Å². The molecular weight excluding hydrogens is 234 g/mol. The summed E-state index contributed by atoms with van der Waals surface area (Å²) in [6.07, 6.45) is 1.03. The van der Waals surface area contributed by atoms with Crippen LogP contribution in [-0.2, 0) is 4.79 Å². The van der Waals surface area contributed by atoms with Crippen molar-refractivity contribution in [2.45, 2.75) is 26.3 Å². The van der Waals surface area contributed by atoms with Crippen LogP contribution in [0.15, 0.2) is 0 Å². The van der Waals surface area contributed by atoms with Crippen LogP contribution in [0.5, 0.6) is 0 Å². The molecule has 5 heteroatoms. The number of nitrogens with two attached hydrogens (primary N) is 1. The van der Waals surface area contributed by atoms with E-state index < -0.39 is 0 Å². The largest absolute Gasteiger partial charge is 0.393 e. The smallest absolute Gasteiger partial charge is 0.232 e. The Morgan fingerprint density at radius 3 is 2.41 bits per heavy atom. The third kappa shape index (κ3) is 3.39. The molecule has 2 atom stereocenters. The number of hydrogen-bond donors (Lipinski definition) is 1. The maximum absolute atomic E-state index is 12.3. The molecular formula is C12H23N3OS. The highest BCUT2D eigenvalue weighted by Gasteiger charge is 2.34. The van der Waals surface area contributed by atoms with E-state index in [9.17, 15) is 4.79 Å². The van der Waals surface area contributed by atoms with Gasteiger partial charge in [0.15, 0.2) is 0 Å². The minimum Gasteiger partial charge on any atom is -0.393 e. The molecule has 4 nitrogen and oxygen atoms in total. The molecule has 0 aliphatic carbocycles. The van der Waals surface area contributed by atoms with Crippen molar-refractivity contribution >= 4 is 23.1 Å². The van der Waals surface area contributed by atoms with Gasteiger partial charge >= 0.3 is 0 Å². The van der Waals surface area contributed by atoms with E-state index in [1.54, 1.807) is 0 Å². The summed E-state index contributed by atoms with van der Waals surface area (Å²) >= 11 is 5.01. The third-order valence-electron chi connectivity index (χ3n) is 3.44. The van der Waals surface area contributed by atoms with Gasteiger partial charge in [0.2, 0.25) is 5.91 Å². The first kappa shape index (κ1) is 14.4. The molecule has 1 fully saturated rings. The van der Waals surface area contributed by atoms with Crippen LogP contribution in [0.4, 0.5) is 0 Å². The molecule has 2 N–H and O–H groups in total. The summed E-state index contributed by atoms with van der Waals surface area (Å²) in [5.41, 5.74) is 5.67. The van der Waals surface area contributed by atoms with Crippen LogP contribution < -0.4 is 5.73 Å². The highest BCUT2D eigenvalue weighted by molar-refractivity contribution is 7.80. The van der Waals surface area contributed by atoms with Crippen LogP contribution in [0.3, 0.4) is 0 Å². The number of nitrogens with zero attached hydrogens (tertiary/aromatic N) is 2. The van der Waals surface area contributed by atoms with Crippen LogP contribution in [0, 0.1) is 11.8 Å². The third-order valence-corrected chi connectivity index (χ3v) is 3.70. The Hall–Kier alpha value is -0.680. The number of carbonyl (C=O) groups excluding carboxylic acids is 1. The molecule has 1 aliphatic rings. The first-order valence-corrected chi connectivity index (χ1v) is 6.50. The van der Waals surface area contributed by atoms with Crippen LogP contribution in [0.25, 0.3) is 0 Å². The zero-order valence-corrected chi connectivity index (χ0v) is 12.0. The van der Waals surface area contributed by atoms with Crippen LogP contribution in [0.1, 0.15) is 20.3 Å². The van der Waals surface area contributed by atoms with Crippen molar-refractivity contribution in [1.82, 2.24) is 9.80 Å². The SMILES string of the molecule is CC(C)C(C(=O)N1CCC(N(C)C)C1)C(N)=S. The molecule has 0 radical (unpaired) electrons.